The number of carbonyl (C=O) groups excluding carboxylic acids is 1. The van der Waals surface area contributed by atoms with Gasteiger partial charge in [-0.1, -0.05) is 24.3 Å². The average molecular weight is 379 g/mol. The molecule has 2 N–H and O–H groups in total. The normalized spacial score (nSPS) is 14.9. The Balaban J connectivity index is 1.50. The van der Waals surface area contributed by atoms with E-state index in [1.807, 2.05) is 43.4 Å². The van der Waals surface area contributed by atoms with Crippen LogP contribution in [0, 0.1) is 0 Å². The number of nitrogens with zero attached hydrogens (tertiary/aromatic N) is 3. The lowest BCUT2D eigenvalue weighted by Crippen LogP contribution is -2.27. The van der Waals surface area contributed by atoms with E-state index in [9.17, 15) is 4.79 Å². The van der Waals surface area contributed by atoms with Gasteiger partial charge in [-0.25, -0.2) is 4.68 Å². The molecule has 0 atom stereocenters. The molecule has 1 saturated heterocycles. The van der Waals surface area contributed by atoms with Crippen LogP contribution >= 0.6 is 0 Å². The Hall–Kier alpha value is -2.93. The van der Waals surface area contributed by atoms with Gasteiger partial charge < -0.3 is 10.1 Å². The Kier molecular flexibility index (Phi) is 5.25. The van der Waals surface area contributed by atoms with E-state index in [2.05, 4.69) is 20.7 Å². The third kappa shape index (κ3) is 3.84. The summed E-state index contributed by atoms with van der Waals surface area (Å²) in [6.07, 6.45) is 2.31. The number of carbonyl (C=O) groups is 1. The third-order valence-corrected chi connectivity index (χ3v) is 5.27. The van der Waals surface area contributed by atoms with Gasteiger partial charge in [-0.05, 0) is 54.4 Å². The number of piperidine rings is 1. The lowest BCUT2D eigenvalue weighted by atomic mass is 9.98. The molecule has 7 nitrogen and oxygen atoms in total. The average Bonchev–Trinajstić information content (AvgIpc) is 3.09. The van der Waals surface area contributed by atoms with E-state index >= 15 is 0 Å². The highest BCUT2D eigenvalue weighted by atomic mass is 16.5. The number of rotatable bonds is 5. The maximum atomic E-state index is 12.7. The van der Waals surface area contributed by atoms with E-state index in [0.29, 0.717) is 11.9 Å². The largest absolute Gasteiger partial charge is 0.497 e. The van der Waals surface area contributed by atoms with Crippen LogP contribution in [0.4, 0.5) is 5.95 Å². The van der Waals surface area contributed by atoms with Crippen molar-refractivity contribution >= 4 is 22.6 Å². The van der Waals surface area contributed by atoms with Gasteiger partial charge in [0, 0.05) is 13.0 Å². The van der Waals surface area contributed by atoms with Crippen molar-refractivity contribution in [3.05, 3.63) is 47.8 Å². The van der Waals surface area contributed by atoms with Crippen molar-refractivity contribution in [2.45, 2.75) is 25.2 Å². The summed E-state index contributed by atoms with van der Waals surface area (Å²) in [5.74, 6) is 2.33. The smallest absolute Gasteiger partial charge is 0.231 e. The Morgan fingerprint density at radius 2 is 2.11 bits per heavy atom. The van der Waals surface area contributed by atoms with Crippen molar-refractivity contribution in [1.29, 1.82) is 0 Å². The maximum Gasteiger partial charge on any atom is 0.231 e. The molecule has 0 bridgehead atoms. The van der Waals surface area contributed by atoms with Crippen LogP contribution in [-0.2, 0) is 18.3 Å². The summed E-state index contributed by atoms with van der Waals surface area (Å²) >= 11 is 0. The number of fused-ring (bicyclic) bond motifs is 1. The number of nitrogens with one attached hydrogen (secondary N) is 2. The Labute approximate surface area is 164 Å². The van der Waals surface area contributed by atoms with Gasteiger partial charge in [0.25, 0.3) is 0 Å². The number of aromatic nitrogens is 3. The lowest BCUT2D eigenvalue weighted by molar-refractivity contribution is -0.115. The number of anilines is 1. The molecule has 1 fully saturated rings. The third-order valence-electron chi connectivity index (χ3n) is 5.27. The predicted octanol–water partition coefficient (Wildman–Crippen LogP) is 2.63. The molecule has 0 spiro atoms. The second-order valence-electron chi connectivity index (χ2n) is 7.17. The molecule has 1 aromatic heterocycles. The highest BCUT2D eigenvalue weighted by Crippen LogP contribution is 2.25. The maximum absolute atomic E-state index is 12.7. The van der Waals surface area contributed by atoms with Crippen molar-refractivity contribution in [3.8, 4) is 5.75 Å². The van der Waals surface area contributed by atoms with E-state index in [1.54, 1.807) is 11.8 Å². The number of aryl methyl sites for hydroxylation is 1. The number of hydrogen-bond donors (Lipinski definition) is 2. The van der Waals surface area contributed by atoms with Crippen LogP contribution in [0.3, 0.4) is 0 Å². The van der Waals surface area contributed by atoms with Crippen molar-refractivity contribution in [2.75, 3.05) is 25.5 Å². The number of ether oxygens (including phenoxy) is 1. The van der Waals surface area contributed by atoms with Gasteiger partial charge in [-0.3, -0.25) is 10.1 Å². The van der Waals surface area contributed by atoms with E-state index in [-0.39, 0.29) is 12.3 Å². The molecule has 0 saturated carbocycles. The number of hydrogen-bond acceptors (Lipinski definition) is 5. The fraction of sp³-hybridized carbons (Fsp3) is 0.381. The summed E-state index contributed by atoms with van der Waals surface area (Å²) in [5, 5.41) is 12.9. The molecule has 0 radical (unpaired) electrons. The molecule has 4 rings (SSSR count). The van der Waals surface area contributed by atoms with Crippen LogP contribution in [0.5, 0.6) is 5.75 Å². The summed E-state index contributed by atoms with van der Waals surface area (Å²) in [7, 11) is 3.46. The molecule has 2 aromatic carbocycles. The zero-order valence-electron chi connectivity index (χ0n) is 16.2. The number of benzene rings is 2. The molecule has 0 unspecified atom stereocenters. The van der Waals surface area contributed by atoms with Gasteiger partial charge >= 0.3 is 0 Å². The second kappa shape index (κ2) is 7.98. The standard InChI is InChI=1S/C21H25N5O2/c1-26-21(24-20(25-26)15-8-10-22-11-9-15)23-19(27)12-16-5-3-4-14-6-7-17(28-2)13-18(14)16/h3-7,13,15,22H,8-12H2,1-2H3,(H,23,24,25,27). The minimum absolute atomic E-state index is 0.109. The first-order chi connectivity index (χ1) is 13.6. The van der Waals surface area contributed by atoms with Crippen LogP contribution in [0.25, 0.3) is 10.8 Å². The fourth-order valence-corrected chi connectivity index (χ4v) is 3.71. The minimum atomic E-state index is -0.109. The van der Waals surface area contributed by atoms with Gasteiger partial charge in [0.05, 0.1) is 13.5 Å². The Bertz CT molecular complexity index is 992. The molecular weight excluding hydrogens is 354 g/mol. The lowest BCUT2D eigenvalue weighted by Gasteiger charge is -2.19. The highest BCUT2D eigenvalue weighted by molar-refractivity contribution is 5.95. The first-order valence-electron chi connectivity index (χ1n) is 9.61. The fourth-order valence-electron chi connectivity index (χ4n) is 3.71. The first kappa shape index (κ1) is 18.4. The summed E-state index contributed by atoms with van der Waals surface area (Å²) < 4.78 is 6.98. The van der Waals surface area contributed by atoms with Gasteiger partial charge in [0.2, 0.25) is 11.9 Å². The van der Waals surface area contributed by atoms with E-state index in [1.165, 1.54) is 0 Å². The molecular formula is C21H25N5O2. The number of methoxy groups -OCH3 is 1. The molecule has 2 heterocycles. The summed E-state index contributed by atoms with van der Waals surface area (Å²) in [6.45, 7) is 1.96. The molecule has 3 aromatic rings. The Morgan fingerprint density at radius 1 is 1.29 bits per heavy atom. The van der Waals surface area contributed by atoms with Crippen LogP contribution < -0.4 is 15.4 Å². The van der Waals surface area contributed by atoms with Gasteiger partial charge in [-0.15, -0.1) is 0 Å². The van der Waals surface area contributed by atoms with Crippen LogP contribution in [0.2, 0.25) is 0 Å². The monoisotopic (exact) mass is 379 g/mol. The van der Waals surface area contributed by atoms with E-state index in [4.69, 9.17) is 4.74 Å². The van der Waals surface area contributed by atoms with E-state index in [0.717, 1.165) is 53.8 Å². The van der Waals surface area contributed by atoms with Crippen molar-refractivity contribution in [3.63, 3.8) is 0 Å². The summed E-state index contributed by atoms with van der Waals surface area (Å²) in [4.78, 5) is 17.3. The minimum Gasteiger partial charge on any atom is -0.497 e. The molecule has 1 amide bonds. The summed E-state index contributed by atoms with van der Waals surface area (Å²) in [5.41, 5.74) is 0.953. The molecule has 1 aliphatic heterocycles. The Morgan fingerprint density at radius 3 is 2.89 bits per heavy atom. The van der Waals surface area contributed by atoms with Crippen molar-refractivity contribution in [1.82, 2.24) is 20.1 Å². The molecule has 1 aliphatic rings. The first-order valence-corrected chi connectivity index (χ1v) is 9.61. The van der Waals surface area contributed by atoms with Crippen LogP contribution in [-0.4, -0.2) is 40.9 Å². The quantitative estimate of drug-likeness (QED) is 0.712. The topological polar surface area (TPSA) is 81.1 Å². The van der Waals surface area contributed by atoms with E-state index < -0.39 is 0 Å². The predicted molar refractivity (Wildman–Crippen MR) is 109 cm³/mol. The van der Waals surface area contributed by atoms with Crippen LogP contribution in [0.15, 0.2) is 36.4 Å². The summed E-state index contributed by atoms with van der Waals surface area (Å²) in [6, 6.07) is 11.9. The molecule has 146 valence electrons. The van der Waals surface area contributed by atoms with Crippen molar-refractivity contribution in [2.24, 2.45) is 7.05 Å². The van der Waals surface area contributed by atoms with Crippen molar-refractivity contribution < 1.29 is 9.53 Å². The highest BCUT2D eigenvalue weighted by Gasteiger charge is 2.21. The molecule has 0 aliphatic carbocycles. The number of amides is 1. The van der Waals surface area contributed by atoms with Gasteiger partial charge in [-0.2, -0.15) is 10.1 Å². The zero-order chi connectivity index (χ0) is 19.5. The van der Waals surface area contributed by atoms with Crippen LogP contribution in [0.1, 0.15) is 30.1 Å². The zero-order valence-corrected chi connectivity index (χ0v) is 16.2. The molecule has 28 heavy (non-hydrogen) atoms. The van der Waals surface area contributed by atoms with Gasteiger partial charge in [0.15, 0.2) is 5.82 Å². The molecule has 7 heteroatoms. The van der Waals surface area contributed by atoms with Gasteiger partial charge in [0.1, 0.15) is 5.75 Å². The second-order valence-corrected chi connectivity index (χ2v) is 7.17. The SMILES string of the molecule is COc1ccc2cccc(CC(=O)Nc3nc(C4CCNCC4)nn3C)c2c1.